The minimum atomic E-state index is -0.786. The van der Waals surface area contributed by atoms with E-state index >= 15 is 0 Å². The molecule has 0 aromatic heterocycles. The molecule has 0 radical (unpaired) electrons. The molecule has 2 heteroatoms. The Morgan fingerprint density at radius 3 is 2.54 bits per heavy atom. The molecule has 13 heavy (non-hydrogen) atoms. The van der Waals surface area contributed by atoms with Crippen LogP contribution >= 0.6 is 0 Å². The van der Waals surface area contributed by atoms with E-state index in [-0.39, 0.29) is 0 Å². The Bertz CT molecular complexity index is 198. The van der Waals surface area contributed by atoms with Crippen molar-refractivity contribution in [1.82, 2.24) is 0 Å². The van der Waals surface area contributed by atoms with Crippen molar-refractivity contribution in [3.05, 3.63) is 0 Å². The highest BCUT2D eigenvalue weighted by Crippen LogP contribution is 2.10. The fourth-order valence-electron chi connectivity index (χ4n) is 1.21. The lowest BCUT2D eigenvalue weighted by molar-refractivity contribution is -0.139. The summed E-state index contributed by atoms with van der Waals surface area (Å²) in [4.78, 5) is 10.7. The summed E-state index contributed by atoms with van der Waals surface area (Å²) in [5, 5.41) is 8.76. The Morgan fingerprint density at radius 1 is 1.38 bits per heavy atom. The fourth-order valence-corrected chi connectivity index (χ4v) is 1.21. The van der Waals surface area contributed by atoms with Gasteiger partial charge in [0.1, 0.15) is 5.92 Å². The molecular weight excluding hydrogens is 164 g/mol. The highest BCUT2D eigenvalue weighted by molar-refractivity contribution is 5.73. The van der Waals surface area contributed by atoms with Crippen molar-refractivity contribution in [3.8, 4) is 11.8 Å². The first kappa shape index (κ1) is 12.0. The van der Waals surface area contributed by atoms with Crippen molar-refractivity contribution < 1.29 is 9.90 Å². The highest BCUT2D eigenvalue weighted by Gasteiger charge is 2.12. The van der Waals surface area contributed by atoms with E-state index in [0.717, 1.165) is 12.8 Å². The molecule has 0 aliphatic rings. The van der Waals surface area contributed by atoms with Crippen LogP contribution in [0.15, 0.2) is 0 Å². The molecule has 0 amide bonds. The first-order valence-electron chi connectivity index (χ1n) is 4.87. The van der Waals surface area contributed by atoms with Gasteiger partial charge < -0.3 is 5.11 Å². The number of rotatable bonds is 6. The lowest BCUT2D eigenvalue weighted by atomic mass is 10.0. The molecule has 0 unspecified atom stereocenters. The Balaban J connectivity index is 3.68. The lowest BCUT2D eigenvalue weighted by Crippen LogP contribution is -2.11. The third-order valence-corrected chi connectivity index (χ3v) is 1.96. The van der Waals surface area contributed by atoms with E-state index in [2.05, 4.69) is 18.8 Å². The lowest BCUT2D eigenvalue weighted by Gasteiger charge is -2.03. The SMILES string of the molecule is CC#C[C@H](CCCCCC)C(=O)O. The molecule has 0 bridgehead atoms. The van der Waals surface area contributed by atoms with Gasteiger partial charge in [-0.3, -0.25) is 4.79 Å². The van der Waals surface area contributed by atoms with Crippen LogP contribution in [0.1, 0.15) is 46.0 Å². The molecule has 0 aliphatic heterocycles. The van der Waals surface area contributed by atoms with Crippen molar-refractivity contribution in [2.45, 2.75) is 46.0 Å². The summed E-state index contributed by atoms with van der Waals surface area (Å²) in [6.07, 6.45) is 5.14. The molecule has 0 heterocycles. The van der Waals surface area contributed by atoms with Gasteiger partial charge in [0.05, 0.1) is 0 Å². The van der Waals surface area contributed by atoms with Crippen molar-refractivity contribution in [3.63, 3.8) is 0 Å². The topological polar surface area (TPSA) is 37.3 Å². The third-order valence-electron chi connectivity index (χ3n) is 1.96. The number of aliphatic carboxylic acids is 1. The average molecular weight is 182 g/mol. The Kier molecular flexibility index (Phi) is 7.10. The van der Waals surface area contributed by atoms with E-state index in [9.17, 15) is 4.79 Å². The molecule has 0 aromatic rings. The van der Waals surface area contributed by atoms with Crippen molar-refractivity contribution in [2.24, 2.45) is 5.92 Å². The van der Waals surface area contributed by atoms with Crippen LogP contribution in [-0.4, -0.2) is 11.1 Å². The zero-order chi connectivity index (χ0) is 10.1. The maximum absolute atomic E-state index is 10.7. The average Bonchev–Trinajstić information content (AvgIpc) is 2.10. The van der Waals surface area contributed by atoms with Gasteiger partial charge in [-0.05, 0) is 13.3 Å². The first-order chi connectivity index (χ1) is 6.22. The predicted molar refractivity (Wildman–Crippen MR) is 53.3 cm³/mol. The first-order valence-corrected chi connectivity index (χ1v) is 4.87. The van der Waals surface area contributed by atoms with Gasteiger partial charge in [0, 0.05) is 0 Å². The molecule has 0 saturated carbocycles. The molecular formula is C11H18O2. The second-order valence-electron chi connectivity index (χ2n) is 3.13. The number of unbranched alkanes of at least 4 members (excludes halogenated alkanes) is 3. The standard InChI is InChI=1S/C11H18O2/c1-3-5-6-7-9-10(8-4-2)11(12)13/h10H,3,5-7,9H2,1-2H3,(H,12,13)/t10-/m1/s1. The minimum absolute atomic E-state index is 0.457. The summed E-state index contributed by atoms with van der Waals surface area (Å²) >= 11 is 0. The second-order valence-corrected chi connectivity index (χ2v) is 3.13. The van der Waals surface area contributed by atoms with Crippen molar-refractivity contribution >= 4 is 5.97 Å². The number of carboxylic acid groups (broad SMARTS) is 1. The minimum Gasteiger partial charge on any atom is -0.480 e. The van der Waals surface area contributed by atoms with Crippen molar-refractivity contribution in [1.29, 1.82) is 0 Å². The molecule has 0 rings (SSSR count). The van der Waals surface area contributed by atoms with Gasteiger partial charge in [0.25, 0.3) is 0 Å². The van der Waals surface area contributed by atoms with Gasteiger partial charge in [-0.15, -0.1) is 5.92 Å². The normalized spacial score (nSPS) is 11.5. The smallest absolute Gasteiger partial charge is 0.318 e. The Labute approximate surface area is 80.3 Å². The van der Waals surface area contributed by atoms with Gasteiger partial charge in [-0.25, -0.2) is 0 Å². The van der Waals surface area contributed by atoms with E-state index in [1.54, 1.807) is 6.92 Å². The number of carbonyl (C=O) groups is 1. The summed E-state index contributed by atoms with van der Waals surface area (Å²) in [6, 6.07) is 0. The number of carboxylic acids is 1. The zero-order valence-corrected chi connectivity index (χ0v) is 8.47. The van der Waals surface area contributed by atoms with Gasteiger partial charge in [0.2, 0.25) is 0 Å². The maximum atomic E-state index is 10.7. The molecule has 1 atom stereocenters. The van der Waals surface area contributed by atoms with Gasteiger partial charge in [0.15, 0.2) is 0 Å². The monoisotopic (exact) mass is 182 g/mol. The number of hydrogen-bond donors (Lipinski definition) is 1. The van der Waals surface area contributed by atoms with Gasteiger partial charge in [-0.2, -0.15) is 0 Å². The molecule has 0 aromatic carbocycles. The van der Waals surface area contributed by atoms with Crippen LogP contribution in [-0.2, 0) is 4.79 Å². The number of hydrogen-bond acceptors (Lipinski definition) is 1. The van der Waals surface area contributed by atoms with E-state index in [4.69, 9.17) is 5.11 Å². The van der Waals surface area contributed by atoms with Crippen LogP contribution in [0.4, 0.5) is 0 Å². The largest absolute Gasteiger partial charge is 0.480 e. The van der Waals surface area contributed by atoms with E-state index < -0.39 is 11.9 Å². The summed E-state index contributed by atoms with van der Waals surface area (Å²) < 4.78 is 0. The predicted octanol–water partition coefficient (Wildman–Crippen LogP) is 2.68. The molecule has 0 fully saturated rings. The zero-order valence-electron chi connectivity index (χ0n) is 8.47. The molecule has 0 saturated heterocycles. The van der Waals surface area contributed by atoms with Crippen LogP contribution < -0.4 is 0 Å². The van der Waals surface area contributed by atoms with Crippen LogP contribution in [0.25, 0.3) is 0 Å². The van der Waals surface area contributed by atoms with Crippen LogP contribution in [0.2, 0.25) is 0 Å². The summed E-state index contributed by atoms with van der Waals surface area (Å²) in [5.74, 6) is 4.13. The molecule has 1 N–H and O–H groups in total. The summed E-state index contributed by atoms with van der Waals surface area (Å²) in [7, 11) is 0. The van der Waals surface area contributed by atoms with Crippen LogP contribution in [0.5, 0.6) is 0 Å². The molecule has 74 valence electrons. The third kappa shape index (κ3) is 6.21. The summed E-state index contributed by atoms with van der Waals surface area (Å²) in [5.41, 5.74) is 0. The summed E-state index contributed by atoms with van der Waals surface area (Å²) in [6.45, 7) is 3.82. The van der Waals surface area contributed by atoms with Crippen molar-refractivity contribution in [2.75, 3.05) is 0 Å². The van der Waals surface area contributed by atoms with Gasteiger partial charge in [-0.1, -0.05) is 38.5 Å². The van der Waals surface area contributed by atoms with E-state index in [1.165, 1.54) is 12.8 Å². The molecule has 2 nitrogen and oxygen atoms in total. The van der Waals surface area contributed by atoms with Crippen LogP contribution in [0, 0.1) is 17.8 Å². The van der Waals surface area contributed by atoms with E-state index in [1.807, 2.05) is 0 Å². The highest BCUT2D eigenvalue weighted by atomic mass is 16.4. The van der Waals surface area contributed by atoms with Gasteiger partial charge >= 0.3 is 5.97 Å². The van der Waals surface area contributed by atoms with Crippen LogP contribution in [0.3, 0.4) is 0 Å². The second kappa shape index (κ2) is 7.67. The maximum Gasteiger partial charge on any atom is 0.318 e. The fraction of sp³-hybridized carbons (Fsp3) is 0.727. The Morgan fingerprint density at radius 2 is 2.08 bits per heavy atom. The quantitative estimate of drug-likeness (QED) is 0.506. The molecule has 0 spiro atoms. The Hall–Kier alpha value is -0.970. The molecule has 0 aliphatic carbocycles. The van der Waals surface area contributed by atoms with E-state index in [0.29, 0.717) is 6.42 Å².